The van der Waals surface area contributed by atoms with Crippen LogP contribution >= 0.6 is 0 Å². The van der Waals surface area contributed by atoms with E-state index in [1.807, 2.05) is 0 Å². The van der Waals surface area contributed by atoms with Crippen LogP contribution in [-0.2, 0) is 9.84 Å². The molecule has 2 heterocycles. The molecule has 2 rings (SSSR count). The number of piperidine rings is 1. The number of likely N-dealkylation sites (tertiary alicyclic amines) is 1. The topological polar surface area (TPSA) is 109 Å². The molecule has 20 heavy (non-hydrogen) atoms. The molecule has 1 fully saturated rings. The van der Waals surface area contributed by atoms with Crippen molar-refractivity contribution in [3.05, 3.63) is 17.5 Å². The molecule has 1 aliphatic rings. The van der Waals surface area contributed by atoms with Crippen molar-refractivity contribution in [3.63, 3.8) is 0 Å². The first-order chi connectivity index (χ1) is 9.35. The van der Waals surface area contributed by atoms with E-state index < -0.39 is 15.7 Å². The molecule has 0 unspecified atom stereocenters. The standard InChI is InChI=1S/C12H20N4O3S/c1-20(18,19)6-5-16-4-2-3-9(8-16)10-7-11(12(13)17)15-14-10/h7,9H,2-6,8H2,1H3,(H2,13,17)(H,14,15)/t9-/m0/s1. The number of hydrogen-bond donors (Lipinski definition) is 2. The second kappa shape index (κ2) is 5.92. The van der Waals surface area contributed by atoms with Gasteiger partial charge in [-0.3, -0.25) is 9.89 Å². The Balaban J connectivity index is 1.97. The monoisotopic (exact) mass is 300 g/mol. The molecule has 8 heteroatoms. The van der Waals surface area contributed by atoms with Crippen LogP contribution in [0.4, 0.5) is 0 Å². The van der Waals surface area contributed by atoms with E-state index in [2.05, 4.69) is 15.1 Å². The van der Waals surface area contributed by atoms with Crippen LogP contribution in [0.5, 0.6) is 0 Å². The number of H-pyrrole nitrogens is 1. The molecule has 0 bridgehead atoms. The Morgan fingerprint density at radius 1 is 1.60 bits per heavy atom. The van der Waals surface area contributed by atoms with Crippen LogP contribution in [-0.4, -0.2) is 61.1 Å². The van der Waals surface area contributed by atoms with Crippen molar-refractivity contribution in [2.24, 2.45) is 5.73 Å². The van der Waals surface area contributed by atoms with Gasteiger partial charge in [-0.25, -0.2) is 8.42 Å². The van der Waals surface area contributed by atoms with Gasteiger partial charge in [0.05, 0.1) is 5.75 Å². The first kappa shape index (κ1) is 15.0. The minimum Gasteiger partial charge on any atom is -0.364 e. The highest BCUT2D eigenvalue weighted by atomic mass is 32.2. The predicted molar refractivity (Wildman–Crippen MR) is 75.2 cm³/mol. The van der Waals surface area contributed by atoms with Crippen LogP contribution in [0, 0.1) is 0 Å². The first-order valence-electron chi connectivity index (χ1n) is 6.60. The van der Waals surface area contributed by atoms with Crippen molar-refractivity contribution < 1.29 is 13.2 Å². The van der Waals surface area contributed by atoms with Crippen LogP contribution in [0.1, 0.15) is 34.9 Å². The van der Waals surface area contributed by atoms with Crippen LogP contribution in [0.3, 0.4) is 0 Å². The third kappa shape index (κ3) is 4.04. The Morgan fingerprint density at radius 3 is 2.95 bits per heavy atom. The Morgan fingerprint density at radius 2 is 2.35 bits per heavy atom. The first-order valence-corrected chi connectivity index (χ1v) is 8.66. The summed E-state index contributed by atoms with van der Waals surface area (Å²) >= 11 is 0. The number of rotatable bonds is 5. The highest BCUT2D eigenvalue weighted by Gasteiger charge is 2.24. The minimum atomic E-state index is -2.94. The molecule has 0 saturated carbocycles. The van der Waals surface area contributed by atoms with Crippen LogP contribution in [0.15, 0.2) is 6.07 Å². The number of aromatic nitrogens is 2. The number of nitrogens with two attached hydrogens (primary N) is 1. The summed E-state index contributed by atoms with van der Waals surface area (Å²) < 4.78 is 22.4. The van der Waals surface area contributed by atoms with Gasteiger partial charge in [0.25, 0.3) is 5.91 Å². The zero-order chi connectivity index (χ0) is 14.8. The lowest BCUT2D eigenvalue weighted by Gasteiger charge is -2.31. The number of primary amides is 1. The van der Waals surface area contributed by atoms with Gasteiger partial charge in [0.1, 0.15) is 15.5 Å². The average molecular weight is 300 g/mol. The SMILES string of the molecule is CS(=O)(=O)CCN1CCC[C@H](c2cc(C(N)=O)n[nH]2)C1. The van der Waals surface area contributed by atoms with Crippen molar-refractivity contribution in [1.29, 1.82) is 0 Å². The summed E-state index contributed by atoms with van der Waals surface area (Å²) in [7, 11) is -2.94. The Bertz CT molecular complexity index is 581. The van der Waals surface area contributed by atoms with E-state index in [9.17, 15) is 13.2 Å². The number of nitrogens with one attached hydrogen (secondary N) is 1. The van der Waals surface area contributed by atoms with Gasteiger partial charge in [-0.2, -0.15) is 5.10 Å². The molecule has 7 nitrogen and oxygen atoms in total. The highest BCUT2D eigenvalue weighted by Crippen LogP contribution is 2.25. The van der Waals surface area contributed by atoms with Gasteiger partial charge in [0, 0.05) is 31.0 Å². The maximum atomic E-state index is 11.2. The maximum Gasteiger partial charge on any atom is 0.269 e. The zero-order valence-electron chi connectivity index (χ0n) is 11.5. The summed E-state index contributed by atoms with van der Waals surface area (Å²) in [5.41, 5.74) is 6.32. The molecular formula is C12H20N4O3S. The van der Waals surface area contributed by atoms with E-state index in [1.54, 1.807) is 6.07 Å². The third-order valence-electron chi connectivity index (χ3n) is 3.57. The quantitative estimate of drug-likeness (QED) is 0.778. The van der Waals surface area contributed by atoms with Gasteiger partial charge in [-0.05, 0) is 25.5 Å². The zero-order valence-corrected chi connectivity index (χ0v) is 12.3. The summed E-state index contributed by atoms with van der Waals surface area (Å²) in [6, 6.07) is 1.69. The van der Waals surface area contributed by atoms with Gasteiger partial charge in [-0.15, -0.1) is 0 Å². The van der Waals surface area contributed by atoms with Crippen molar-refractivity contribution >= 4 is 15.7 Å². The molecule has 1 atom stereocenters. The fraction of sp³-hybridized carbons (Fsp3) is 0.667. The normalized spacial score (nSPS) is 20.9. The Labute approximate surface area is 118 Å². The second-order valence-electron chi connectivity index (χ2n) is 5.34. The Hall–Kier alpha value is -1.41. The summed E-state index contributed by atoms with van der Waals surface area (Å²) in [6.07, 6.45) is 3.25. The summed E-state index contributed by atoms with van der Waals surface area (Å²) in [5, 5.41) is 6.74. The fourth-order valence-corrected chi connectivity index (χ4v) is 3.07. The number of nitrogens with zero attached hydrogens (tertiary/aromatic N) is 2. The second-order valence-corrected chi connectivity index (χ2v) is 7.60. The lowest BCUT2D eigenvalue weighted by Crippen LogP contribution is -2.37. The lowest BCUT2D eigenvalue weighted by atomic mass is 9.95. The van der Waals surface area contributed by atoms with Crippen molar-refractivity contribution in [2.75, 3.05) is 31.6 Å². The van der Waals surface area contributed by atoms with Gasteiger partial charge in [-0.1, -0.05) is 0 Å². The van der Waals surface area contributed by atoms with E-state index in [-0.39, 0.29) is 17.4 Å². The Kier molecular flexibility index (Phi) is 4.44. The van der Waals surface area contributed by atoms with E-state index in [0.29, 0.717) is 6.54 Å². The molecule has 1 aromatic heterocycles. The number of carbonyl (C=O) groups is 1. The minimum absolute atomic E-state index is 0.176. The van der Waals surface area contributed by atoms with Gasteiger partial charge >= 0.3 is 0 Å². The summed E-state index contributed by atoms with van der Waals surface area (Å²) in [5.74, 6) is -0.129. The highest BCUT2D eigenvalue weighted by molar-refractivity contribution is 7.90. The molecule has 0 spiro atoms. The number of carbonyl (C=O) groups excluding carboxylic acids is 1. The molecule has 112 valence electrons. The smallest absolute Gasteiger partial charge is 0.269 e. The third-order valence-corrected chi connectivity index (χ3v) is 4.50. The molecule has 1 saturated heterocycles. The fourth-order valence-electron chi connectivity index (χ4n) is 2.48. The van der Waals surface area contributed by atoms with Crippen molar-refractivity contribution in [2.45, 2.75) is 18.8 Å². The maximum absolute atomic E-state index is 11.2. The van der Waals surface area contributed by atoms with E-state index in [4.69, 9.17) is 5.73 Å². The average Bonchev–Trinajstić information content (AvgIpc) is 2.86. The van der Waals surface area contributed by atoms with Crippen LogP contribution in [0.25, 0.3) is 0 Å². The summed E-state index contributed by atoms with van der Waals surface area (Å²) in [4.78, 5) is 13.2. The lowest BCUT2D eigenvalue weighted by molar-refractivity contribution is 0.0995. The molecule has 0 aliphatic carbocycles. The van der Waals surface area contributed by atoms with E-state index in [0.717, 1.165) is 31.6 Å². The van der Waals surface area contributed by atoms with Gasteiger partial charge in [0.2, 0.25) is 0 Å². The van der Waals surface area contributed by atoms with Gasteiger partial charge < -0.3 is 10.6 Å². The molecule has 1 aliphatic heterocycles. The molecule has 1 amide bonds. The number of sulfone groups is 1. The number of aromatic amines is 1. The number of amides is 1. The molecular weight excluding hydrogens is 280 g/mol. The predicted octanol–water partition coefficient (Wildman–Crippen LogP) is -0.267. The van der Waals surface area contributed by atoms with Crippen LogP contribution < -0.4 is 5.73 Å². The van der Waals surface area contributed by atoms with Gasteiger partial charge in [0.15, 0.2) is 0 Å². The van der Waals surface area contributed by atoms with Crippen molar-refractivity contribution in [3.8, 4) is 0 Å². The molecule has 0 aromatic carbocycles. The van der Waals surface area contributed by atoms with E-state index >= 15 is 0 Å². The van der Waals surface area contributed by atoms with Crippen LogP contribution in [0.2, 0.25) is 0 Å². The molecule has 1 aromatic rings. The van der Waals surface area contributed by atoms with E-state index in [1.165, 1.54) is 6.26 Å². The number of hydrogen-bond acceptors (Lipinski definition) is 5. The summed E-state index contributed by atoms with van der Waals surface area (Å²) in [6.45, 7) is 2.23. The molecule has 3 N–H and O–H groups in total. The van der Waals surface area contributed by atoms with Crippen molar-refractivity contribution in [1.82, 2.24) is 15.1 Å². The largest absolute Gasteiger partial charge is 0.364 e. The molecule has 0 radical (unpaired) electrons.